The summed E-state index contributed by atoms with van der Waals surface area (Å²) in [5.74, 6) is 0.01000. The molecule has 1 fully saturated rings. The van der Waals surface area contributed by atoms with Crippen LogP contribution in [0.25, 0.3) is 6.08 Å². The van der Waals surface area contributed by atoms with E-state index in [1.807, 2.05) is 0 Å². The number of hydrogen-bond donors (Lipinski definition) is 3. The molecule has 0 saturated carbocycles. The van der Waals surface area contributed by atoms with Gasteiger partial charge >= 0.3 is 0 Å². The standard InChI is InChI=1S/C11H11NO3/c13-9-1-2-10(14)8(6-9)5-7-3-4-12-11(7)15/h1-2,5-6,13-14H,3-4H2,(H,12,15). The van der Waals surface area contributed by atoms with Crippen LogP contribution in [0.3, 0.4) is 0 Å². The highest BCUT2D eigenvalue weighted by atomic mass is 16.3. The number of carbonyl (C=O) groups excluding carboxylic acids is 1. The first-order valence-electron chi connectivity index (χ1n) is 4.67. The lowest BCUT2D eigenvalue weighted by molar-refractivity contribution is -0.116. The molecule has 1 aromatic carbocycles. The Kier molecular flexibility index (Phi) is 2.33. The first-order chi connectivity index (χ1) is 7.16. The third kappa shape index (κ3) is 1.93. The van der Waals surface area contributed by atoms with E-state index in [1.54, 1.807) is 6.08 Å². The fourth-order valence-electron chi connectivity index (χ4n) is 1.52. The van der Waals surface area contributed by atoms with Gasteiger partial charge in [0.25, 0.3) is 0 Å². The van der Waals surface area contributed by atoms with Crippen molar-refractivity contribution in [3.63, 3.8) is 0 Å². The molecule has 2 rings (SSSR count). The zero-order valence-corrected chi connectivity index (χ0v) is 8.03. The summed E-state index contributed by atoms with van der Waals surface area (Å²) in [5.41, 5.74) is 1.08. The van der Waals surface area contributed by atoms with Crippen molar-refractivity contribution in [2.24, 2.45) is 0 Å². The van der Waals surface area contributed by atoms with Gasteiger partial charge in [-0.15, -0.1) is 0 Å². The maximum Gasteiger partial charge on any atom is 0.247 e. The Morgan fingerprint density at radius 2 is 2.13 bits per heavy atom. The fraction of sp³-hybridized carbons (Fsp3) is 0.182. The second-order valence-corrected chi connectivity index (χ2v) is 3.42. The van der Waals surface area contributed by atoms with E-state index in [9.17, 15) is 15.0 Å². The van der Waals surface area contributed by atoms with E-state index in [2.05, 4.69) is 5.32 Å². The summed E-state index contributed by atoms with van der Waals surface area (Å²) in [6.07, 6.45) is 2.24. The second kappa shape index (κ2) is 3.65. The highest BCUT2D eigenvalue weighted by molar-refractivity contribution is 6.00. The molecule has 0 unspecified atom stereocenters. The predicted octanol–water partition coefficient (Wildman–Crippen LogP) is 1.00. The smallest absolute Gasteiger partial charge is 0.247 e. The second-order valence-electron chi connectivity index (χ2n) is 3.42. The van der Waals surface area contributed by atoms with E-state index < -0.39 is 0 Å². The van der Waals surface area contributed by atoms with Gasteiger partial charge in [-0.3, -0.25) is 4.79 Å². The van der Waals surface area contributed by atoms with Crippen molar-refractivity contribution < 1.29 is 15.0 Å². The van der Waals surface area contributed by atoms with Crippen LogP contribution in [-0.4, -0.2) is 22.7 Å². The molecule has 4 heteroatoms. The molecule has 0 aromatic heterocycles. The maximum absolute atomic E-state index is 11.3. The molecule has 0 aliphatic carbocycles. The summed E-state index contributed by atoms with van der Waals surface area (Å²) in [6.45, 7) is 0.629. The average molecular weight is 205 g/mol. The average Bonchev–Trinajstić information content (AvgIpc) is 2.58. The van der Waals surface area contributed by atoms with Crippen LogP contribution >= 0.6 is 0 Å². The lowest BCUT2D eigenvalue weighted by Crippen LogP contribution is -2.13. The van der Waals surface area contributed by atoms with E-state index in [0.29, 0.717) is 24.1 Å². The molecule has 15 heavy (non-hydrogen) atoms. The third-order valence-electron chi connectivity index (χ3n) is 2.31. The van der Waals surface area contributed by atoms with Crippen molar-refractivity contribution in [3.05, 3.63) is 29.3 Å². The number of nitrogens with one attached hydrogen (secondary N) is 1. The minimum Gasteiger partial charge on any atom is -0.508 e. The van der Waals surface area contributed by atoms with Crippen molar-refractivity contribution in [2.75, 3.05) is 6.54 Å². The van der Waals surface area contributed by atoms with Crippen molar-refractivity contribution in [1.29, 1.82) is 0 Å². The minimum atomic E-state index is -0.113. The number of phenols is 2. The number of amides is 1. The topological polar surface area (TPSA) is 69.6 Å². The van der Waals surface area contributed by atoms with Crippen molar-refractivity contribution in [3.8, 4) is 11.5 Å². The van der Waals surface area contributed by atoms with Crippen LogP contribution in [0.15, 0.2) is 23.8 Å². The predicted molar refractivity (Wildman–Crippen MR) is 55.4 cm³/mol. The van der Waals surface area contributed by atoms with Crippen LogP contribution in [0.1, 0.15) is 12.0 Å². The van der Waals surface area contributed by atoms with Crippen LogP contribution in [0.2, 0.25) is 0 Å². The monoisotopic (exact) mass is 205 g/mol. The van der Waals surface area contributed by atoms with Gasteiger partial charge in [-0.1, -0.05) is 0 Å². The SMILES string of the molecule is O=C1NCCC1=Cc1cc(O)ccc1O. The molecule has 1 aliphatic rings. The van der Waals surface area contributed by atoms with E-state index in [4.69, 9.17) is 0 Å². The summed E-state index contributed by atoms with van der Waals surface area (Å²) in [4.78, 5) is 11.3. The van der Waals surface area contributed by atoms with Crippen LogP contribution in [0.4, 0.5) is 0 Å². The summed E-state index contributed by atoms with van der Waals surface area (Å²) in [5, 5.41) is 21.4. The molecule has 1 amide bonds. The molecule has 0 radical (unpaired) electrons. The molecular formula is C11H11NO3. The molecule has 1 aliphatic heterocycles. The Bertz CT molecular complexity index is 437. The molecule has 0 bridgehead atoms. The highest BCUT2D eigenvalue weighted by Crippen LogP contribution is 2.25. The first-order valence-corrected chi connectivity index (χ1v) is 4.67. The number of rotatable bonds is 1. The van der Waals surface area contributed by atoms with E-state index in [-0.39, 0.29) is 17.4 Å². The molecule has 0 atom stereocenters. The van der Waals surface area contributed by atoms with Gasteiger partial charge < -0.3 is 15.5 Å². The van der Waals surface area contributed by atoms with Gasteiger partial charge in [0, 0.05) is 17.7 Å². The quantitative estimate of drug-likeness (QED) is 0.473. The zero-order valence-electron chi connectivity index (χ0n) is 8.03. The summed E-state index contributed by atoms with van der Waals surface area (Å²) in [6, 6.07) is 4.22. The minimum absolute atomic E-state index is 0.0556. The molecule has 78 valence electrons. The molecule has 3 N–H and O–H groups in total. The number of hydrogen-bond acceptors (Lipinski definition) is 3. The van der Waals surface area contributed by atoms with Crippen molar-refractivity contribution >= 4 is 12.0 Å². The molecule has 1 heterocycles. The Morgan fingerprint density at radius 3 is 2.80 bits per heavy atom. The highest BCUT2D eigenvalue weighted by Gasteiger charge is 2.16. The van der Waals surface area contributed by atoms with Gasteiger partial charge in [-0.25, -0.2) is 0 Å². The lowest BCUT2D eigenvalue weighted by atomic mass is 10.1. The van der Waals surface area contributed by atoms with Gasteiger partial charge in [0.05, 0.1) is 0 Å². The maximum atomic E-state index is 11.3. The number of aromatic hydroxyl groups is 2. The Labute approximate surface area is 86.9 Å². The molecule has 1 saturated heterocycles. The van der Waals surface area contributed by atoms with Gasteiger partial charge in [-0.05, 0) is 30.7 Å². The van der Waals surface area contributed by atoms with Crippen LogP contribution < -0.4 is 5.32 Å². The van der Waals surface area contributed by atoms with Crippen molar-refractivity contribution in [1.82, 2.24) is 5.32 Å². The summed E-state index contributed by atoms with van der Waals surface area (Å²) in [7, 11) is 0. The normalized spacial score (nSPS) is 18.1. The van der Waals surface area contributed by atoms with E-state index in [1.165, 1.54) is 18.2 Å². The Balaban J connectivity index is 2.38. The Hall–Kier alpha value is -1.97. The zero-order chi connectivity index (χ0) is 10.8. The Morgan fingerprint density at radius 1 is 1.33 bits per heavy atom. The van der Waals surface area contributed by atoms with E-state index >= 15 is 0 Å². The summed E-state index contributed by atoms with van der Waals surface area (Å²) < 4.78 is 0. The number of carbonyl (C=O) groups is 1. The molecular weight excluding hydrogens is 194 g/mol. The number of benzene rings is 1. The fourth-order valence-corrected chi connectivity index (χ4v) is 1.52. The van der Waals surface area contributed by atoms with Gasteiger partial charge in [0.2, 0.25) is 5.91 Å². The summed E-state index contributed by atoms with van der Waals surface area (Å²) >= 11 is 0. The third-order valence-corrected chi connectivity index (χ3v) is 2.31. The van der Waals surface area contributed by atoms with Gasteiger partial charge in [-0.2, -0.15) is 0 Å². The van der Waals surface area contributed by atoms with Crippen LogP contribution in [-0.2, 0) is 4.79 Å². The molecule has 0 spiro atoms. The molecule has 1 aromatic rings. The van der Waals surface area contributed by atoms with E-state index in [0.717, 1.165) is 0 Å². The lowest BCUT2D eigenvalue weighted by Gasteiger charge is -2.00. The molecule has 4 nitrogen and oxygen atoms in total. The largest absolute Gasteiger partial charge is 0.508 e. The van der Waals surface area contributed by atoms with Crippen molar-refractivity contribution in [2.45, 2.75) is 6.42 Å². The van der Waals surface area contributed by atoms with Crippen LogP contribution in [0, 0.1) is 0 Å². The van der Waals surface area contributed by atoms with Gasteiger partial charge in [0.15, 0.2) is 0 Å². The first kappa shape index (κ1) is 9.58. The number of phenolic OH excluding ortho intramolecular Hbond substituents is 2. The van der Waals surface area contributed by atoms with Crippen LogP contribution in [0.5, 0.6) is 11.5 Å². The van der Waals surface area contributed by atoms with Gasteiger partial charge in [0.1, 0.15) is 11.5 Å².